The molecule has 0 atom stereocenters. The molecule has 0 bridgehead atoms. The number of anilines is 1. The lowest BCUT2D eigenvalue weighted by Gasteiger charge is -2.10. The van der Waals surface area contributed by atoms with Crippen molar-refractivity contribution >= 4 is 21.6 Å². The maximum absolute atomic E-state index is 13.9. The Morgan fingerprint density at radius 1 is 1.25 bits per heavy atom. The number of hydrogen-bond donors (Lipinski definition) is 1. The molecular weight excluding hydrogens is 323 g/mol. The third-order valence-electron chi connectivity index (χ3n) is 2.85. The fraction of sp³-hybridized carbons (Fsp3) is 0.133. The highest BCUT2D eigenvalue weighted by atomic mass is 79.9. The van der Waals surface area contributed by atoms with Crippen molar-refractivity contribution in [1.82, 2.24) is 0 Å². The van der Waals surface area contributed by atoms with Crippen LogP contribution in [0, 0.1) is 17.1 Å². The summed E-state index contributed by atoms with van der Waals surface area (Å²) in [6.07, 6.45) is 0.587. The predicted molar refractivity (Wildman–Crippen MR) is 78.9 cm³/mol. The van der Waals surface area contributed by atoms with Crippen molar-refractivity contribution in [1.29, 1.82) is 5.26 Å². The molecule has 20 heavy (non-hydrogen) atoms. The second-order valence-electron chi connectivity index (χ2n) is 4.15. The van der Waals surface area contributed by atoms with E-state index < -0.39 is 5.82 Å². The van der Waals surface area contributed by atoms with Crippen molar-refractivity contribution < 1.29 is 9.13 Å². The molecule has 0 fully saturated rings. The van der Waals surface area contributed by atoms with E-state index >= 15 is 0 Å². The van der Waals surface area contributed by atoms with E-state index in [-0.39, 0.29) is 15.8 Å². The lowest BCUT2D eigenvalue weighted by Crippen LogP contribution is -2.05. The van der Waals surface area contributed by atoms with Crippen LogP contribution in [0.3, 0.4) is 0 Å². The topological polar surface area (TPSA) is 59.0 Å². The molecule has 102 valence electrons. The number of hydrogen-bond acceptors (Lipinski definition) is 3. The van der Waals surface area contributed by atoms with E-state index in [0.717, 1.165) is 5.56 Å². The van der Waals surface area contributed by atoms with Gasteiger partial charge in [-0.3, -0.25) is 0 Å². The summed E-state index contributed by atoms with van der Waals surface area (Å²) in [5.41, 5.74) is 7.71. The molecule has 0 aliphatic rings. The molecule has 0 spiro atoms. The van der Waals surface area contributed by atoms with Crippen molar-refractivity contribution in [3.05, 3.63) is 57.8 Å². The van der Waals surface area contributed by atoms with Gasteiger partial charge in [-0.1, -0.05) is 18.2 Å². The summed E-state index contributed by atoms with van der Waals surface area (Å²) in [6.45, 7) is 0.309. The number of nitrogens with zero attached hydrogens (tertiary/aromatic N) is 1. The van der Waals surface area contributed by atoms with Gasteiger partial charge in [0.2, 0.25) is 0 Å². The molecule has 0 aromatic heterocycles. The molecule has 0 saturated carbocycles. The van der Waals surface area contributed by atoms with Crippen LogP contribution >= 0.6 is 15.9 Å². The summed E-state index contributed by atoms with van der Waals surface area (Å²) in [6, 6.07) is 12.3. The van der Waals surface area contributed by atoms with Gasteiger partial charge in [0.15, 0.2) is 11.6 Å². The van der Waals surface area contributed by atoms with Crippen LogP contribution in [0.5, 0.6) is 5.75 Å². The molecule has 5 heteroatoms. The molecule has 0 aliphatic heterocycles. The van der Waals surface area contributed by atoms with E-state index in [1.807, 2.05) is 30.3 Å². The van der Waals surface area contributed by atoms with Gasteiger partial charge in [-0.05, 0) is 39.7 Å². The van der Waals surface area contributed by atoms with Gasteiger partial charge in [0, 0.05) is 12.1 Å². The fourth-order valence-electron chi connectivity index (χ4n) is 1.76. The molecular formula is C15H12BrFN2O. The second-order valence-corrected chi connectivity index (χ2v) is 4.94. The zero-order valence-electron chi connectivity index (χ0n) is 10.6. The van der Waals surface area contributed by atoms with E-state index in [9.17, 15) is 4.39 Å². The summed E-state index contributed by atoms with van der Waals surface area (Å²) >= 11 is 3.04. The average Bonchev–Trinajstić information content (AvgIpc) is 2.46. The number of para-hydroxylation sites is 1. The lowest BCUT2D eigenvalue weighted by molar-refractivity contribution is 0.304. The standard InChI is InChI=1S/C15H12BrFN2O/c16-14-11(9-18)5-6-13(15(14)17)20-8-7-10-3-1-2-4-12(10)19/h1-6H,7-8,19H2. The number of rotatable bonds is 4. The normalized spacial score (nSPS) is 10.1. The van der Waals surface area contributed by atoms with Gasteiger partial charge in [0.05, 0.1) is 16.6 Å². The maximum atomic E-state index is 13.9. The molecule has 0 amide bonds. The molecule has 2 aromatic carbocycles. The maximum Gasteiger partial charge on any atom is 0.180 e. The Balaban J connectivity index is 2.04. The number of benzene rings is 2. The molecule has 0 heterocycles. The molecule has 3 nitrogen and oxygen atoms in total. The Labute approximate surface area is 124 Å². The first-order valence-corrected chi connectivity index (χ1v) is 6.77. The zero-order chi connectivity index (χ0) is 14.5. The molecule has 0 unspecified atom stereocenters. The smallest absolute Gasteiger partial charge is 0.180 e. The van der Waals surface area contributed by atoms with Gasteiger partial charge >= 0.3 is 0 Å². The number of halogens is 2. The number of nitrogens with two attached hydrogens (primary N) is 1. The van der Waals surface area contributed by atoms with E-state index in [4.69, 9.17) is 15.7 Å². The van der Waals surface area contributed by atoms with Crippen LogP contribution in [0.1, 0.15) is 11.1 Å². The summed E-state index contributed by atoms with van der Waals surface area (Å²) in [4.78, 5) is 0. The van der Waals surface area contributed by atoms with Crippen LogP contribution in [-0.2, 0) is 6.42 Å². The third-order valence-corrected chi connectivity index (χ3v) is 3.63. The van der Waals surface area contributed by atoms with E-state index in [1.54, 1.807) is 0 Å². The predicted octanol–water partition coefficient (Wildman–Crippen LogP) is 3.66. The molecule has 0 radical (unpaired) electrons. The second kappa shape index (κ2) is 6.40. The first kappa shape index (κ1) is 14.4. The van der Waals surface area contributed by atoms with Crippen molar-refractivity contribution in [2.45, 2.75) is 6.42 Å². The highest BCUT2D eigenvalue weighted by Gasteiger charge is 2.12. The largest absolute Gasteiger partial charge is 0.490 e. The monoisotopic (exact) mass is 334 g/mol. The first-order valence-electron chi connectivity index (χ1n) is 5.97. The van der Waals surface area contributed by atoms with Crippen LogP contribution in [-0.4, -0.2) is 6.61 Å². The highest BCUT2D eigenvalue weighted by Crippen LogP contribution is 2.28. The van der Waals surface area contributed by atoms with Crippen molar-refractivity contribution in [2.75, 3.05) is 12.3 Å². The fourth-order valence-corrected chi connectivity index (χ4v) is 2.18. The minimum absolute atomic E-state index is 0.116. The molecule has 2 N–H and O–H groups in total. The van der Waals surface area contributed by atoms with Crippen LogP contribution in [0.2, 0.25) is 0 Å². The van der Waals surface area contributed by atoms with Crippen LogP contribution in [0.25, 0.3) is 0 Å². The van der Waals surface area contributed by atoms with E-state index in [2.05, 4.69) is 15.9 Å². The molecule has 0 aliphatic carbocycles. The number of nitriles is 1. The van der Waals surface area contributed by atoms with Gasteiger partial charge in [-0.15, -0.1) is 0 Å². The third kappa shape index (κ3) is 3.09. The lowest BCUT2D eigenvalue weighted by atomic mass is 10.1. The van der Waals surface area contributed by atoms with Crippen molar-refractivity contribution in [3.63, 3.8) is 0 Å². The van der Waals surface area contributed by atoms with Crippen molar-refractivity contribution in [2.24, 2.45) is 0 Å². The Kier molecular flexibility index (Phi) is 4.59. The summed E-state index contributed by atoms with van der Waals surface area (Å²) in [5, 5.41) is 8.79. The SMILES string of the molecule is N#Cc1ccc(OCCc2ccccc2N)c(F)c1Br. The summed E-state index contributed by atoms with van der Waals surface area (Å²) in [5.74, 6) is -0.449. The van der Waals surface area contributed by atoms with Crippen LogP contribution < -0.4 is 10.5 Å². The van der Waals surface area contributed by atoms with E-state index in [0.29, 0.717) is 18.7 Å². The summed E-state index contributed by atoms with van der Waals surface area (Å²) in [7, 11) is 0. The van der Waals surface area contributed by atoms with Crippen LogP contribution in [0.15, 0.2) is 40.9 Å². The van der Waals surface area contributed by atoms with Gasteiger partial charge in [0.25, 0.3) is 0 Å². The zero-order valence-corrected chi connectivity index (χ0v) is 12.2. The van der Waals surface area contributed by atoms with Gasteiger partial charge in [-0.25, -0.2) is 4.39 Å². The Hall–Kier alpha value is -2.06. The van der Waals surface area contributed by atoms with Gasteiger partial charge in [0.1, 0.15) is 6.07 Å². The molecule has 2 rings (SSSR count). The quantitative estimate of drug-likeness (QED) is 0.868. The van der Waals surface area contributed by atoms with Crippen LogP contribution in [0.4, 0.5) is 10.1 Å². The van der Waals surface area contributed by atoms with Crippen molar-refractivity contribution in [3.8, 4) is 11.8 Å². The molecule has 0 saturated heterocycles. The first-order chi connectivity index (χ1) is 9.63. The minimum atomic E-state index is -0.565. The Morgan fingerprint density at radius 2 is 2.00 bits per heavy atom. The Bertz CT molecular complexity index is 667. The van der Waals surface area contributed by atoms with E-state index in [1.165, 1.54) is 12.1 Å². The molecule has 2 aromatic rings. The highest BCUT2D eigenvalue weighted by molar-refractivity contribution is 9.10. The number of ether oxygens (including phenoxy) is 1. The average molecular weight is 335 g/mol. The van der Waals surface area contributed by atoms with Gasteiger partial charge < -0.3 is 10.5 Å². The summed E-state index contributed by atoms with van der Waals surface area (Å²) < 4.78 is 19.4. The Morgan fingerprint density at radius 3 is 2.70 bits per heavy atom. The minimum Gasteiger partial charge on any atom is -0.490 e. The van der Waals surface area contributed by atoms with Gasteiger partial charge in [-0.2, -0.15) is 5.26 Å². The number of nitrogen functional groups attached to an aromatic ring is 1.